The van der Waals surface area contributed by atoms with Crippen LogP contribution in [-0.2, 0) is 11.3 Å². The smallest absolute Gasteiger partial charge is 0.190 e. The minimum absolute atomic E-state index is 0.158. The highest BCUT2D eigenvalue weighted by Crippen LogP contribution is 2.42. The topological polar surface area (TPSA) is 48.0 Å². The van der Waals surface area contributed by atoms with Crippen molar-refractivity contribution in [3.8, 4) is 0 Å². The van der Waals surface area contributed by atoms with Gasteiger partial charge < -0.3 is 19.0 Å². The molecule has 1 N–H and O–H groups in total. The molecule has 0 bridgehead atoms. The summed E-state index contributed by atoms with van der Waals surface area (Å²) in [6, 6.07) is 19.3. The third-order valence-corrected chi connectivity index (χ3v) is 9.98. The fourth-order valence-electron chi connectivity index (χ4n) is 6.02. The van der Waals surface area contributed by atoms with Crippen molar-refractivity contribution < 1.29 is 9.84 Å². The predicted molar refractivity (Wildman–Crippen MR) is 179 cm³/mol. The number of hydrogen-bond acceptors (Lipinski definition) is 2. The van der Waals surface area contributed by atoms with Gasteiger partial charge in [0.15, 0.2) is 11.4 Å². The molecule has 2 aromatic heterocycles. The molecule has 0 unspecified atom stereocenters. The average Bonchev–Trinajstić information content (AvgIpc) is 3.45. The Morgan fingerprint density at radius 1 is 0.791 bits per heavy atom. The maximum Gasteiger partial charge on any atom is 0.190 e. The number of aliphatic hydroxyl groups is 1. The van der Waals surface area contributed by atoms with E-state index in [0.717, 1.165) is 67.7 Å². The highest BCUT2D eigenvalue weighted by atomic mass is 79.9. The van der Waals surface area contributed by atoms with Crippen molar-refractivity contribution in [3.63, 3.8) is 0 Å². The van der Waals surface area contributed by atoms with E-state index in [-0.39, 0.29) is 6.10 Å². The van der Waals surface area contributed by atoms with Crippen LogP contribution in [0.15, 0.2) is 75.9 Å². The highest BCUT2D eigenvalue weighted by Gasteiger charge is 2.32. The largest absolute Gasteiger partial charge is 0.393 e. The van der Waals surface area contributed by atoms with E-state index >= 15 is 0 Å². The lowest BCUT2D eigenvalue weighted by Crippen LogP contribution is -2.32. The molecule has 0 amide bonds. The van der Waals surface area contributed by atoms with Crippen molar-refractivity contribution in [3.05, 3.63) is 115 Å². The van der Waals surface area contributed by atoms with Crippen LogP contribution < -0.4 is 0 Å². The lowest BCUT2D eigenvalue weighted by atomic mass is 9.88. The van der Waals surface area contributed by atoms with Crippen LogP contribution in [0.3, 0.4) is 0 Å². The monoisotopic (exact) mass is 698 g/mol. The van der Waals surface area contributed by atoms with Gasteiger partial charge in [-0.05, 0) is 112 Å². The summed E-state index contributed by atoms with van der Waals surface area (Å²) in [4.78, 5) is 7.16. The Bertz CT molecular complexity index is 1890. The second kappa shape index (κ2) is 12.3. The van der Waals surface area contributed by atoms with Crippen molar-refractivity contribution in [2.75, 3.05) is 0 Å². The number of hydrogen-bond donors (Lipinski definition) is 1. The van der Waals surface area contributed by atoms with Gasteiger partial charge in [0.05, 0.1) is 32.0 Å². The molecule has 0 atom stereocenters. The third-order valence-electron chi connectivity index (χ3n) is 8.72. The molecular formula is C35H32Br2N4O2. The second-order valence-corrected chi connectivity index (χ2v) is 13.3. The summed E-state index contributed by atoms with van der Waals surface area (Å²) in [5.41, 5.74) is 7.03. The first-order valence-corrected chi connectivity index (χ1v) is 16.0. The predicted octanol–water partition coefficient (Wildman–Crippen LogP) is 10.1. The summed E-state index contributed by atoms with van der Waals surface area (Å²) in [5.74, 6) is 0. The zero-order chi connectivity index (χ0) is 30.2. The lowest BCUT2D eigenvalue weighted by Gasteiger charge is -2.36. The average molecular weight is 700 g/mol. The molecule has 2 heterocycles. The van der Waals surface area contributed by atoms with Gasteiger partial charge in [-0.2, -0.15) is 0 Å². The van der Waals surface area contributed by atoms with Gasteiger partial charge in [-0.1, -0.05) is 30.3 Å². The molecule has 0 saturated heterocycles. The zero-order valence-electron chi connectivity index (χ0n) is 24.1. The molecule has 2 saturated carbocycles. The summed E-state index contributed by atoms with van der Waals surface area (Å²) in [6.45, 7) is 19.1. The van der Waals surface area contributed by atoms with Gasteiger partial charge in [-0.3, -0.25) is 0 Å². The number of rotatable bonds is 5. The van der Waals surface area contributed by atoms with E-state index in [1.165, 1.54) is 11.1 Å². The first-order valence-electron chi connectivity index (χ1n) is 14.5. The van der Waals surface area contributed by atoms with Crippen LogP contribution in [0.2, 0.25) is 0 Å². The Balaban J connectivity index is 0.000000162. The first kappa shape index (κ1) is 29.7. The molecule has 0 aliphatic heterocycles. The molecule has 2 aliphatic rings. The van der Waals surface area contributed by atoms with Crippen molar-refractivity contribution in [2.45, 2.75) is 70.4 Å². The molecule has 7 rings (SSSR count). The number of ether oxygens (including phenoxy) is 1. The molecule has 2 fully saturated rings. The van der Waals surface area contributed by atoms with Crippen molar-refractivity contribution >= 4 is 65.0 Å². The van der Waals surface area contributed by atoms with Crippen LogP contribution in [0.5, 0.6) is 0 Å². The van der Waals surface area contributed by atoms with Crippen LogP contribution in [0.1, 0.15) is 54.5 Å². The van der Waals surface area contributed by atoms with Gasteiger partial charge in [-0.15, -0.1) is 0 Å². The van der Waals surface area contributed by atoms with Crippen LogP contribution in [-0.4, -0.2) is 26.4 Å². The summed E-state index contributed by atoms with van der Waals surface area (Å²) >= 11 is 7.20. The Hall–Kier alpha value is -3.40. The van der Waals surface area contributed by atoms with Crippen molar-refractivity contribution in [2.24, 2.45) is 0 Å². The van der Waals surface area contributed by atoms with Crippen LogP contribution in [0, 0.1) is 27.0 Å². The van der Waals surface area contributed by atoms with Crippen molar-refractivity contribution in [1.82, 2.24) is 9.13 Å². The van der Waals surface area contributed by atoms with Crippen LogP contribution >= 0.6 is 31.9 Å². The molecule has 6 nitrogen and oxygen atoms in total. The molecule has 2 aliphatic carbocycles. The lowest BCUT2D eigenvalue weighted by molar-refractivity contribution is -0.0347. The molecule has 0 spiro atoms. The normalized spacial score (nSPS) is 20.9. The molecule has 3 aromatic carbocycles. The van der Waals surface area contributed by atoms with Gasteiger partial charge in [0.25, 0.3) is 0 Å². The number of halogens is 2. The summed E-state index contributed by atoms with van der Waals surface area (Å²) < 4.78 is 12.7. The van der Waals surface area contributed by atoms with E-state index < -0.39 is 0 Å². The van der Waals surface area contributed by atoms with Crippen LogP contribution in [0.25, 0.3) is 31.5 Å². The quantitative estimate of drug-likeness (QED) is 0.186. The summed E-state index contributed by atoms with van der Waals surface area (Å²) in [7, 11) is 0. The fraction of sp³-hybridized carbons (Fsp3) is 0.314. The van der Waals surface area contributed by atoms with E-state index in [1.807, 2.05) is 44.2 Å². The van der Waals surface area contributed by atoms with Crippen molar-refractivity contribution in [1.29, 1.82) is 0 Å². The van der Waals surface area contributed by atoms with Crippen LogP contribution in [0.4, 0.5) is 11.4 Å². The van der Waals surface area contributed by atoms with Gasteiger partial charge in [-0.25, -0.2) is 9.69 Å². The SMILES string of the molecule is [C-]#[N+]c1cc2c(Br)cn(C3CC(O)C3)c2cc1C.[C-]#[N+]c1cc2c(Br)cn(C3CC(OCc4ccccc4)C3)c2cc1C. The van der Waals surface area contributed by atoms with Gasteiger partial charge in [0.2, 0.25) is 0 Å². The molecule has 43 heavy (non-hydrogen) atoms. The molecular weight excluding hydrogens is 668 g/mol. The fourth-order valence-corrected chi connectivity index (χ4v) is 7.09. The second-order valence-electron chi connectivity index (χ2n) is 11.6. The molecule has 8 heteroatoms. The maximum atomic E-state index is 9.43. The Labute approximate surface area is 268 Å². The first-order chi connectivity index (χ1) is 20.7. The molecule has 0 radical (unpaired) electrons. The van der Waals surface area contributed by atoms with E-state index in [0.29, 0.717) is 30.5 Å². The zero-order valence-corrected chi connectivity index (χ0v) is 27.3. The molecule has 5 aromatic rings. The standard InChI is InChI=1S/C21H19BrN2O.C14H13BrN2O/c1-14-8-21-18(11-20(14)23-2)19(22)12-24(21)16-9-17(10-16)25-13-15-6-4-3-5-7-15;1-8-3-14-11(6-13(8)16-2)12(15)7-17(14)9-4-10(18)5-9/h3-8,11-12,16-17H,9-10,13H2,1H3;3,6-7,9-10,18H,4-5H2,1H3. The number of fused-ring (bicyclic) bond motifs is 2. The minimum Gasteiger partial charge on any atom is -0.393 e. The van der Waals surface area contributed by atoms with E-state index in [2.05, 4.69) is 87.3 Å². The van der Waals surface area contributed by atoms with Gasteiger partial charge in [0, 0.05) is 55.2 Å². The van der Waals surface area contributed by atoms with E-state index in [9.17, 15) is 5.11 Å². The van der Waals surface area contributed by atoms with Gasteiger partial charge >= 0.3 is 0 Å². The van der Waals surface area contributed by atoms with E-state index in [1.54, 1.807) is 0 Å². The summed E-state index contributed by atoms with van der Waals surface area (Å²) in [6.07, 6.45) is 8.09. The maximum absolute atomic E-state index is 9.43. The van der Waals surface area contributed by atoms with E-state index in [4.69, 9.17) is 17.9 Å². The third kappa shape index (κ3) is 5.90. The Morgan fingerprint density at radius 3 is 1.74 bits per heavy atom. The van der Waals surface area contributed by atoms with Gasteiger partial charge in [0.1, 0.15) is 0 Å². The number of aliphatic hydroxyl groups excluding tert-OH is 1. The molecule has 218 valence electrons. The number of aromatic nitrogens is 2. The summed E-state index contributed by atoms with van der Waals surface area (Å²) in [5, 5.41) is 11.6. The number of aryl methyl sites for hydroxylation is 2. The highest BCUT2D eigenvalue weighted by molar-refractivity contribution is 9.11. The number of nitrogens with zero attached hydrogens (tertiary/aromatic N) is 4. The number of benzene rings is 3. The minimum atomic E-state index is -0.158. The Morgan fingerprint density at radius 2 is 1.28 bits per heavy atom. The Kier molecular flexibility index (Phi) is 8.49.